The van der Waals surface area contributed by atoms with Gasteiger partial charge >= 0.3 is 0 Å². The summed E-state index contributed by atoms with van der Waals surface area (Å²) in [4.78, 5) is 25.4. The minimum Gasteiger partial charge on any atom is -0.497 e. The molecule has 5 heteroatoms. The summed E-state index contributed by atoms with van der Waals surface area (Å²) >= 11 is 0. The summed E-state index contributed by atoms with van der Waals surface area (Å²) in [6.45, 7) is 5.38. The molecule has 1 aromatic rings. The van der Waals surface area contributed by atoms with Crippen molar-refractivity contribution in [3.05, 3.63) is 29.8 Å². The molecule has 2 saturated heterocycles. The predicted molar refractivity (Wildman–Crippen MR) is 94.5 cm³/mol. The Hall–Kier alpha value is -1.88. The van der Waals surface area contributed by atoms with E-state index in [0.717, 1.165) is 25.0 Å². The van der Waals surface area contributed by atoms with E-state index in [1.54, 1.807) is 7.11 Å². The number of hydrogen-bond acceptors (Lipinski definition) is 4. The first kappa shape index (κ1) is 17.9. The number of nitrogens with zero attached hydrogens (tertiary/aromatic N) is 1. The van der Waals surface area contributed by atoms with E-state index in [1.807, 2.05) is 12.1 Å². The Labute approximate surface area is 149 Å². The average Bonchev–Trinajstić information content (AvgIpc) is 2.90. The molecule has 5 nitrogen and oxygen atoms in total. The van der Waals surface area contributed by atoms with Crippen LogP contribution in [0, 0.1) is 0 Å². The van der Waals surface area contributed by atoms with Gasteiger partial charge in [-0.2, -0.15) is 0 Å². The van der Waals surface area contributed by atoms with E-state index in [0.29, 0.717) is 26.0 Å². The van der Waals surface area contributed by atoms with Crippen LogP contribution in [0.4, 0.5) is 0 Å². The summed E-state index contributed by atoms with van der Waals surface area (Å²) in [6, 6.07) is 8.17. The van der Waals surface area contributed by atoms with Crippen molar-refractivity contribution in [2.45, 2.75) is 57.0 Å². The van der Waals surface area contributed by atoms with E-state index in [-0.39, 0.29) is 22.8 Å². The SMILES string of the molecule is COc1ccc(C2(CCN3C(=O)CCC3=O)CCOC(C)(C)C2)cc1. The Kier molecular flexibility index (Phi) is 4.87. The summed E-state index contributed by atoms with van der Waals surface area (Å²) in [5.41, 5.74) is 0.901. The average molecular weight is 345 g/mol. The fourth-order valence-electron chi connectivity index (χ4n) is 4.22. The van der Waals surface area contributed by atoms with Gasteiger partial charge in [-0.25, -0.2) is 0 Å². The number of amides is 2. The van der Waals surface area contributed by atoms with Crippen molar-refractivity contribution in [3.63, 3.8) is 0 Å². The molecule has 0 spiro atoms. The maximum Gasteiger partial charge on any atom is 0.229 e. The molecule has 0 aromatic heterocycles. The van der Waals surface area contributed by atoms with Gasteiger partial charge in [0.1, 0.15) is 5.75 Å². The van der Waals surface area contributed by atoms with E-state index in [4.69, 9.17) is 9.47 Å². The lowest BCUT2D eigenvalue weighted by Gasteiger charge is -2.46. The van der Waals surface area contributed by atoms with Crippen molar-refractivity contribution < 1.29 is 19.1 Å². The summed E-state index contributed by atoms with van der Waals surface area (Å²) in [5, 5.41) is 0. The van der Waals surface area contributed by atoms with E-state index >= 15 is 0 Å². The van der Waals surface area contributed by atoms with Crippen LogP contribution in [-0.4, -0.2) is 42.6 Å². The van der Waals surface area contributed by atoms with Crippen molar-refractivity contribution in [1.29, 1.82) is 0 Å². The third-order valence-electron chi connectivity index (χ3n) is 5.51. The van der Waals surface area contributed by atoms with Gasteiger partial charge < -0.3 is 9.47 Å². The molecule has 0 N–H and O–H groups in total. The van der Waals surface area contributed by atoms with Gasteiger partial charge in [0.25, 0.3) is 0 Å². The standard InChI is InChI=1S/C20H27NO4/c1-19(2)14-20(11-13-25-19,15-4-6-16(24-3)7-5-15)10-12-21-17(22)8-9-18(21)23/h4-7H,8-14H2,1-3H3. The lowest BCUT2D eigenvalue weighted by molar-refractivity contribution is -0.139. The Morgan fingerprint density at radius 1 is 1.12 bits per heavy atom. The van der Waals surface area contributed by atoms with Crippen LogP contribution < -0.4 is 4.74 Å². The zero-order valence-electron chi connectivity index (χ0n) is 15.3. The number of rotatable bonds is 5. The second-order valence-electron chi connectivity index (χ2n) is 7.73. The van der Waals surface area contributed by atoms with Crippen molar-refractivity contribution in [3.8, 4) is 5.75 Å². The fourth-order valence-corrected chi connectivity index (χ4v) is 4.22. The number of methoxy groups -OCH3 is 1. The number of carbonyl (C=O) groups is 2. The number of imide groups is 1. The maximum atomic E-state index is 12.0. The van der Waals surface area contributed by atoms with Crippen LogP contribution in [-0.2, 0) is 19.7 Å². The summed E-state index contributed by atoms with van der Waals surface area (Å²) < 4.78 is 11.2. The Balaban J connectivity index is 1.86. The molecule has 3 rings (SSSR count). The molecule has 0 saturated carbocycles. The number of benzene rings is 1. The van der Waals surface area contributed by atoms with Gasteiger partial charge in [0.15, 0.2) is 0 Å². The molecule has 0 radical (unpaired) electrons. The third-order valence-corrected chi connectivity index (χ3v) is 5.51. The van der Waals surface area contributed by atoms with Gasteiger partial charge in [-0.1, -0.05) is 12.1 Å². The molecule has 1 atom stereocenters. The van der Waals surface area contributed by atoms with Crippen LogP contribution in [0.5, 0.6) is 5.75 Å². The van der Waals surface area contributed by atoms with E-state index < -0.39 is 0 Å². The molecule has 136 valence electrons. The van der Waals surface area contributed by atoms with E-state index in [1.165, 1.54) is 10.5 Å². The molecule has 2 fully saturated rings. The topological polar surface area (TPSA) is 55.8 Å². The highest BCUT2D eigenvalue weighted by Crippen LogP contribution is 2.44. The Bertz CT molecular complexity index is 636. The van der Waals surface area contributed by atoms with Crippen LogP contribution in [0.15, 0.2) is 24.3 Å². The molecular formula is C20H27NO4. The van der Waals surface area contributed by atoms with Crippen molar-refractivity contribution in [2.75, 3.05) is 20.3 Å². The Morgan fingerprint density at radius 3 is 2.32 bits per heavy atom. The van der Waals surface area contributed by atoms with Crippen molar-refractivity contribution in [2.24, 2.45) is 0 Å². The molecule has 1 aromatic carbocycles. The normalized spacial score (nSPS) is 26.1. The van der Waals surface area contributed by atoms with Gasteiger partial charge in [-0.05, 0) is 50.8 Å². The van der Waals surface area contributed by atoms with Gasteiger partial charge in [-0.15, -0.1) is 0 Å². The number of likely N-dealkylation sites (tertiary alicyclic amines) is 1. The zero-order valence-corrected chi connectivity index (χ0v) is 15.3. The highest BCUT2D eigenvalue weighted by atomic mass is 16.5. The Morgan fingerprint density at radius 2 is 1.76 bits per heavy atom. The zero-order chi connectivity index (χ0) is 18.1. The molecule has 25 heavy (non-hydrogen) atoms. The van der Waals surface area contributed by atoms with Crippen LogP contribution in [0.3, 0.4) is 0 Å². The fraction of sp³-hybridized carbons (Fsp3) is 0.600. The summed E-state index contributed by atoms with van der Waals surface area (Å²) in [5.74, 6) is 0.748. The third kappa shape index (κ3) is 3.71. The van der Waals surface area contributed by atoms with Crippen LogP contribution in [0.2, 0.25) is 0 Å². The molecule has 2 aliphatic rings. The second-order valence-corrected chi connectivity index (χ2v) is 7.73. The predicted octanol–water partition coefficient (Wildman–Crippen LogP) is 3.06. The first-order valence-electron chi connectivity index (χ1n) is 8.97. The number of hydrogen-bond donors (Lipinski definition) is 0. The highest BCUT2D eigenvalue weighted by molar-refractivity contribution is 6.01. The second kappa shape index (κ2) is 6.79. The quantitative estimate of drug-likeness (QED) is 0.770. The first-order valence-corrected chi connectivity index (χ1v) is 8.97. The lowest BCUT2D eigenvalue weighted by atomic mass is 9.67. The maximum absolute atomic E-state index is 12.0. The molecule has 0 aliphatic carbocycles. The molecule has 2 amide bonds. The molecule has 2 aliphatic heterocycles. The molecule has 2 heterocycles. The number of ether oxygens (including phenoxy) is 2. The highest BCUT2D eigenvalue weighted by Gasteiger charge is 2.43. The van der Waals surface area contributed by atoms with Crippen molar-refractivity contribution in [1.82, 2.24) is 4.90 Å². The minimum atomic E-state index is -0.225. The van der Waals surface area contributed by atoms with Crippen molar-refractivity contribution >= 4 is 11.8 Å². The number of carbonyl (C=O) groups excluding carboxylic acids is 2. The smallest absolute Gasteiger partial charge is 0.229 e. The van der Waals surface area contributed by atoms with Crippen LogP contribution >= 0.6 is 0 Å². The van der Waals surface area contributed by atoms with Gasteiger partial charge in [-0.3, -0.25) is 14.5 Å². The summed E-state index contributed by atoms with van der Waals surface area (Å²) in [7, 11) is 1.66. The van der Waals surface area contributed by atoms with E-state index in [9.17, 15) is 9.59 Å². The molecule has 1 unspecified atom stereocenters. The first-order chi connectivity index (χ1) is 11.9. The van der Waals surface area contributed by atoms with Gasteiger partial charge in [0.2, 0.25) is 11.8 Å². The largest absolute Gasteiger partial charge is 0.497 e. The minimum absolute atomic E-state index is 0.0406. The molecular weight excluding hydrogens is 318 g/mol. The molecule has 0 bridgehead atoms. The summed E-state index contributed by atoms with van der Waals surface area (Å²) in [6.07, 6.45) is 3.22. The van der Waals surface area contributed by atoms with Crippen LogP contribution in [0.25, 0.3) is 0 Å². The van der Waals surface area contributed by atoms with E-state index in [2.05, 4.69) is 26.0 Å². The van der Waals surface area contributed by atoms with Gasteiger partial charge in [0.05, 0.1) is 12.7 Å². The monoisotopic (exact) mass is 345 g/mol. The van der Waals surface area contributed by atoms with Crippen LogP contribution in [0.1, 0.15) is 51.5 Å². The van der Waals surface area contributed by atoms with Gasteiger partial charge in [0, 0.05) is 31.4 Å². The lowest BCUT2D eigenvalue weighted by Crippen LogP contribution is -2.46.